The molecule has 0 saturated heterocycles. The maximum Gasteiger partial charge on any atom is 0.328 e. The van der Waals surface area contributed by atoms with Crippen molar-refractivity contribution in [2.45, 2.75) is 19.4 Å². The predicted molar refractivity (Wildman–Crippen MR) is 68.3 cm³/mol. The molecule has 2 rings (SSSR count). The molecule has 0 fully saturated rings. The minimum atomic E-state index is -0.982. The highest BCUT2D eigenvalue weighted by Crippen LogP contribution is 2.27. The molecule has 1 aromatic carbocycles. The molecule has 90 valence electrons. The molecule has 1 aromatic heterocycles. The summed E-state index contributed by atoms with van der Waals surface area (Å²) in [6, 6.07) is 7.90. The Morgan fingerprint density at radius 3 is 2.65 bits per heavy atom. The van der Waals surface area contributed by atoms with Crippen molar-refractivity contribution in [3.63, 3.8) is 0 Å². The van der Waals surface area contributed by atoms with E-state index in [2.05, 4.69) is 5.32 Å². The van der Waals surface area contributed by atoms with Crippen molar-refractivity contribution in [2.75, 3.05) is 5.32 Å². The zero-order chi connectivity index (χ0) is 12.6. The van der Waals surface area contributed by atoms with Crippen LogP contribution >= 0.6 is 0 Å². The number of aliphatic carboxylic acids is 1. The van der Waals surface area contributed by atoms with Crippen molar-refractivity contribution < 1.29 is 9.90 Å². The number of nitrogens with zero attached hydrogens (tertiary/aromatic N) is 1. The molecule has 1 heterocycles. The highest BCUT2D eigenvalue weighted by molar-refractivity contribution is 5.95. The number of carboxylic acid groups (broad SMARTS) is 1. The number of carbonyl (C=O) groups is 1. The lowest BCUT2D eigenvalue weighted by atomic mass is 10.1. The first-order chi connectivity index (χ1) is 7.92. The second-order valence-electron chi connectivity index (χ2n) is 4.73. The van der Waals surface area contributed by atoms with Gasteiger partial charge in [-0.1, -0.05) is 18.2 Å². The lowest BCUT2D eigenvalue weighted by Gasteiger charge is -2.21. The largest absolute Gasteiger partial charge is 0.480 e. The average molecular weight is 232 g/mol. The van der Waals surface area contributed by atoms with Crippen LogP contribution in [0.1, 0.15) is 13.8 Å². The molecule has 0 spiro atoms. The number of hydrogen-bond donors (Lipinski definition) is 2. The van der Waals surface area contributed by atoms with Gasteiger partial charge in [-0.3, -0.25) is 0 Å². The second-order valence-corrected chi connectivity index (χ2v) is 4.73. The number of carboxylic acids is 1. The molecule has 0 radical (unpaired) electrons. The van der Waals surface area contributed by atoms with Gasteiger partial charge in [-0.15, -0.1) is 0 Å². The fourth-order valence-electron chi connectivity index (χ4n) is 1.83. The molecule has 2 N–H and O–H groups in total. The van der Waals surface area contributed by atoms with Gasteiger partial charge in [0.15, 0.2) is 0 Å². The molecular weight excluding hydrogens is 216 g/mol. The smallest absolute Gasteiger partial charge is 0.328 e. The lowest BCUT2D eigenvalue weighted by Crippen LogP contribution is -2.39. The SMILES string of the molecule is Cn1cc(NC(C)(C)C(=O)O)c2ccccc21. The van der Waals surface area contributed by atoms with Crippen LogP contribution in [0.5, 0.6) is 0 Å². The molecule has 0 amide bonds. The Morgan fingerprint density at radius 2 is 2.00 bits per heavy atom. The molecule has 0 atom stereocenters. The first kappa shape index (κ1) is 11.5. The summed E-state index contributed by atoms with van der Waals surface area (Å²) in [5.41, 5.74) is 0.941. The molecule has 17 heavy (non-hydrogen) atoms. The molecule has 4 nitrogen and oxygen atoms in total. The van der Waals surface area contributed by atoms with Gasteiger partial charge >= 0.3 is 5.97 Å². The highest BCUT2D eigenvalue weighted by atomic mass is 16.4. The summed E-state index contributed by atoms with van der Waals surface area (Å²) in [4.78, 5) is 11.1. The Kier molecular flexibility index (Phi) is 2.58. The maximum atomic E-state index is 11.1. The average Bonchev–Trinajstić information content (AvgIpc) is 2.56. The summed E-state index contributed by atoms with van der Waals surface area (Å²) < 4.78 is 1.98. The fourth-order valence-corrected chi connectivity index (χ4v) is 1.83. The summed E-state index contributed by atoms with van der Waals surface area (Å²) in [7, 11) is 1.95. The van der Waals surface area contributed by atoms with E-state index in [0.717, 1.165) is 16.6 Å². The molecule has 0 aliphatic carbocycles. The van der Waals surface area contributed by atoms with Crippen molar-refractivity contribution in [2.24, 2.45) is 7.05 Å². The Morgan fingerprint density at radius 1 is 1.35 bits per heavy atom. The molecule has 0 unspecified atom stereocenters. The van der Waals surface area contributed by atoms with Crippen LogP contribution in [0.4, 0.5) is 5.69 Å². The van der Waals surface area contributed by atoms with Gasteiger partial charge in [-0.05, 0) is 19.9 Å². The first-order valence-electron chi connectivity index (χ1n) is 5.47. The number of anilines is 1. The molecule has 0 saturated carbocycles. The Hall–Kier alpha value is -1.97. The molecule has 4 heteroatoms. The van der Waals surface area contributed by atoms with E-state index in [1.165, 1.54) is 0 Å². The van der Waals surface area contributed by atoms with Crippen LogP contribution in [0.25, 0.3) is 10.9 Å². The Balaban J connectivity index is 2.47. The lowest BCUT2D eigenvalue weighted by molar-refractivity contribution is -0.141. The number of aromatic nitrogens is 1. The van der Waals surface area contributed by atoms with Crippen LogP contribution in [0.15, 0.2) is 30.5 Å². The zero-order valence-corrected chi connectivity index (χ0v) is 10.2. The van der Waals surface area contributed by atoms with Gasteiger partial charge in [-0.2, -0.15) is 0 Å². The van der Waals surface area contributed by atoms with E-state index in [1.807, 2.05) is 42.1 Å². The molecule has 0 aliphatic heterocycles. The quantitative estimate of drug-likeness (QED) is 0.854. The predicted octanol–water partition coefficient (Wildman–Crippen LogP) is 2.45. The van der Waals surface area contributed by atoms with Crippen molar-refractivity contribution in [3.05, 3.63) is 30.5 Å². The standard InChI is InChI=1S/C13H16N2O2/c1-13(2,12(16)17)14-10-8-15(3)11-7-5-4-6-9(10)11/h4-8,14H,1-3H3,(H,16,17). The number of rotatable bonds is 3. The monoisotopic (exact) mass is 232 g/mol. The minimum absolute atomic E-state index is 0.843. The van der Waals surface area contributed by atoms with Crippen molar-refractivity contribution >= 4 is 22.6 Å². The second kappa shape index (κ2) is 3.80. The topological polar surface area (TPSA) is 54.3 Å². The van der Waals surface area contributed by atoms with Gasteiger partial charge in [0.05, 0.1) is 5.69 Å². The number of nitrogens with one attached hydrogen (secondary N) is 1. The van der Waals surface area contributed by atoms with Crippen molar-refractivity contribution in [1.29, 1.82) is 0 Å². The van der Waals surface area contributed by atoms with Crippen LogP contribution in [0.2, 0.25) is 0 Å². The van der Waals surface area contributed by atoms with Crippen molar-refractivity contribution in [1.82, 2.24) is 4.57 Å². The third kappa shape index (κ3) is 1.98. The van der Waals surface area contributed by atoms with Crippen LogP contribution < -0.4 is 5.32 Å². The minimum Gasteiger partial charge on any atom is -0.480 e. The third-order valence-corrected chi connectivity index (χ3v) is 2.88. The van der Waals surface area contributed by atoms with E-state index in [1.54, 1.807) is 13.8 Å². The Bertz CT molecular complexity index is 570. The van der Waals surface area contributed by atoms with E-state index in [9.17, 15) is 4.79 Å². The fraction of sp³-hybridized carbons (Fsp3) is 0.308. The third-order valence-electron chi connectivity index (χ3n) is 2.88. The van der Waals surface area contributed by atoms with Crippen molar-refractivity contribution in [3.8, 4) is 0 Å². The van der Waals surface area contributed by atoms with E-state index in [4.69, 9.17) is 5.11 Å². The number of benzene rings is 1. The van der Waals surface area contributed by atoms with Gasteiger partial charge in [0.2, 0.25) is 0 Å². The van der Waals surface area contributed by atoms with Crippen LogP contribution in [-0.4, -0.2) is 21.2 Å². The molecule has 0 aliphatic rings. The van der Waals surface area contributed by atoms with Gasteiger partial charge in [0, 0.05) is 24.1 Å². The molecule has 0 bridgehead atoms. The Labute approximate surface area is 99.9 Å². The van der Waals surface area contributed by atoms with E-state index in [-0.39, 0.29) is 0 Å². The summed E-state index contributed by atoms with van der Waals surface area (Å²) in [5.74, 6) is -0.870. The maximum absolute atomic E-state index is 11.1. The van der Waals surface area contributed by atoms with E-state index >= 15 is 0 Å². The first-order valence-corrected chi connectivity index (χ1v) is 5.47. The summed E-state index contributed by atoms with van der Waals surface area (Å²) in [5, 5.41) is 13.2. The van der Waals surface area contributed by atoms with Gasteiger partial charge < -0.3 is 15.0 Å². The van der Waals surface area contributed by atoms with E-state index < -0.39 is 11.5 Å². The van der Waals surface area contributed by atoms with E-state index in [0.29, 0.717) is 0 Å². The van der Waals surface area contributed by atoms with Gasteiger partial charge in [0.25, 0.3) is 0 Å². The van der Waals surface area contributed by atoms with Gasteiger partial charge in [-0.25, -0.2) is 4.79 Å². The summed E-state index contributed by atoms with van der Waals surface area (Å²) in [6.07, 6.45) is 1.91. The molecule has 2 aromatic rings. The number of para-hydroxylation sites is 1. The zero-order valence-electron chi connectivity index (χ0n) is 10.2. The number of hydrogen-bond acceptors (Lipinski definition) is 2. The van der Waals surface area contributed by atoms with Crippen LogP contribution in [0, 0.1) is 0 Å². The molecular formula is C13H16N2O2. The summed E-state index contributed by atoms with van der Waals surface area (Å²) >= 11 is 0. The van der Waals surface area contributed by atoms with Crippen LogP contribution in [0.3, 0.4) is 0 Å². The number of fused-ring (bicyclic) bond motifs is 1. The highest BCUT2D eigenvalue weighted by Gasteiger charge is 2.27. The summed E-state index contributed by atoms with van der Waals surface area (Å²) in [6.45, 7) is 3.30. The van der Waals surface area contributed by atoms with Crippen LogP contribution in [-0.2, 0) is 11.8 Å². The normalized spacial score (nSPS) is 11.7. The number of aryl methyl sites for hydroxylation is 1. The van der Waals surface area contributed by atoms with Gasteiger partial charge in [0.1, 0.15) is 5.54 Å².